The van der Waals surface area contributed by atoms with Crippen LogP contribution in [0.4, 0.5) is 5.69 Å². The molecule has 0 unspecified atom stereocenters. The van der Waals surface area contributed by atoms with Gasteiger partial charge in [0.1, 0.15) is 0 Å². The Hall–Kier alpha value is -3.99. The quantitative estimate of drug-likeness (QED) is 0.408. The lowest BCUT2D eigenvalue weighted by molar-refractivity contribution is -0.119. The number of esters is 1. The highest BCUT2D eigenvalue weighted by molar-refractivity contribution is 6.03. The molecule has 0 radical (unpaired) electrons. The van der Waals surface area contributed by atoms with E-state index in [0.717, 1.165) is 25.7 Å². The van der Waals surface area contributed by atoms with Crippen molar-refractivity contribution in [2.45, 2.75) is 39.2 Å². The molecule has 1 aromatic heterocycles. The molecule has 0 aliphatic rings. The predicted octanol–water partition coefficient (Wildman–Crippen LogP) is 3.64. The van der Waals surface area contributed by atoms with Crippen LogP contribution in [-0.4, -0.2) is 28.3 Å². The standard InChI is InChI=1S/C24H24N4O4/c1-2-3-4-7-13-28-23(30)20-12-6-5-11-19(20)22(27-28)24(31)32-16-21(29)26-18-10-8-9-17(14-18)15-25/h5-6,8-12,14H,2-4,7,13,16H2,1H3,(H,26,29). The molecular formula is C24H24N4O4. The maximum Gasteiger partial charge on any atom is 0.359 e. The molecule has 1 heterocycles. The van der Waals surface area contributed by atoms with Crippen LogP contribution < -0.4 is 10.9 Å². The molecule has 2 aromatic carbocycles. The first-order valence-electron chi connectivity index (χ1n) is 10.5. The van der Waals surface area contributed by atoms with Crippen LogP contribution in [0.25, 0.3) is 10.8 Å². The van der Waals surface area contributed by atoms with Gasteiger partial charge in [-0.2, -0.15) is 10.4 Å². The van der Waals surface area contributed by atoms with Gasteiger partial charge in [0, 0.05) is 17.6 Å². The number of rotatable bonds is 9. The molecule has 0 saturated heterocycles. The summed E-state index contributed by atoms with van der Waals surface area (Å²) in [5.74, 6) is -1.34. The minimum absolute atomic E-state index is 0.00466. The average Bonchev–Trinajstić information content (AvgIpc) is 2.81. The smallest absolute Gasteiger partial charge is 0.359 e. The molecule has 8 nitrogen and oxygen atoms in total. The lowest BCUT2D eigenvalue weighted by Crippen LogP contribution is -2.28. The van der Waals surface area contributed by atoms with Gasteiger partial charge in [0.2, 0.25) is 0 Å². The van der Waals surface area contributed by atoms with Crippen LogP contribution in [0.2, 0.25) is 0 Å². The van der Waals surface area contributed by atoms with Crippen molar-refractivity contribution in [3.8, 4) is 6.07 Å². The first-order chi connectivity index (χ1) is 15.5. The van der Waals surface area contributed by atoms with Gasteiger partial charge >= 0.3 is 5.97 Å². The molecular weight excluding hydrogens is 408 g/mol. The third-order valence-corrected chi connectivity index (χ3v) is 4.89. The highest BCUT2D eigenvalue weighted by Crippen LogP contribution is 2.15. The Labute approximate surface area is 185 Å². The van der Waals surface area contributed by atoms with E-state index in [1.165, 1.54) is 10.7 Å². The number of nitrogens with one attached hydrogen (secondary N) is 1. The van der Waals surface area contributed by atoms with Crippen molar-refractivity contribution < 1.29 is 14.3 Å². The van der Waals surface area contributed by atoms with Crippen LogP contribution in [0.15, 0.2) is 53.3 Å². The summed E-state index contributed by atoms with van der Waals surface area (Å²) in [6.45, 7) is 1.98. The third kappa shape index (κ3) is 5.58. The van der Waals surface area contributed by atoms with E-state index in [2.05, 4.69) is 17.3 Å². The summed E-state index contributed by atoms with van der Waals surface area (Å²) in [6.07, 6.45) is 3.87. The molecule has 3 rings (SSSR count). The SMILES string of the molecule is CCCCCCn1nc(C(=O)OCC(=O)Nc2cccc(C#N)c2)c2ccccc2c1=O. The zero-order chi connectivity index (χ0) is 22.9. The monoisotopic (exact) mass is 432 g/mol. The number of ether oxygens (including phenoxy) is 1. The fourth-order valence-electron chi connectivity index (χ4n) is 3.29. The number of hydrogen-bond donors (Lipinski definition) is 1. The zero-order valence-electron chi connectivity index (χ0n) is 17.8. The van der Waals surface area contributed by atoms with Crippen molar-refractivity contribution in [3.63, 3.8) is 0 Å². The van der Waals surface area contributed by atoms with E-state index in [1.807, 2.05) is 6.07 Å². The number of benzene rings is 2. The number of aryl methyl sites for hydroxylation is 1. The van der Waals surface area contributed by atoms with Gasteiger partial charge in [0.05, 0.1) is 17.0 Å². The van der Waals surface area contributed by atoms with E-state index >= 15 is 0 Å². The van der Waals surface area contributed by atoms with Crippen molar-refractivity contribution in [1.82, 2.24) is 9.78 Å². The molecule has 3 aromatic rings. The van der Waals surface area contributed by atoms with E-state index in [4.69, 9.17) is 10.00 Å². The van der Waals surface area contributed by atoms with Crippen molar-refractivity contribution in [2.75, 3.05) is 11.9 Å². The lowest BCUT2D eigenvalue weighted by atomic mass is 10.1. The van der Waals surface area contributed by atoms with Crippen LogP contribution in [0, 0.1) is 11.3 Å². The molecule has 0 atom stereocenters. The second kappa shape index (κ2) is 10.9. The van der Waals surface area contributed by atoms with Gasteiger partial charge in [-0.15, -0.1) is 0 Å². The normalized spacial score (nSPS) is 10.5. The van der Waals surface area contributed by atoms with Gasteiger partial charge in [0.25, 0.3) is 11.5 Å². The Morgan fingerprint density at radius 3 is 2.62 bits per heavy atom. The minimum Gasteiger partial charge on any atom is -0.451 e. The number of carbonyl (C=O) groups excluding carboxylic acids is 2. The van der Waals surface area contributed by atoms with Crippen molar-refractivity contribution in [2.24, 2.45) is 0 Å². The van der Waals surface area contributed by atoms with Gasteiger partial charge in [-0.25, -0.2) is 9.48 Å². The maximum absolute atomic E-state index is 12.7. The van der Waals surface area contributed by atoms with E-state index < -0.39 is 18.5 Å². The van der Waals surface area contributed by atoms with Crippen LogP contribution >= 0.6 is 0 Å². The van der Waals surface area contributed by atoms with Crippen molar-refractivity contribution >= 4 is 28.3 Å². The largest absolute Gasteiger partial charge is 0.451 e. The number of anilines is 1. The Kier molecular flexibility index (Phi) is 7.70. The molecule has 0 aliphatic carbocycles. The summed E-state index contributed by atoms with van der Waals surface area (Å²) in [7, 11) is 0. The highest BCUT2D eigenvalue weighted by atomic mass is 16.5. The molecule has 32 heavy (non-hydrogen) atoms. The number of amides is 1. The van der Waals surface area contributed by atoms with Gasteiger partial charge in [-0.3, -0.25) is 9.59 Å². The number of aromatic nitrogens is 2. The zero-order valence-corrected chi connectivity index (χ0v) is 17.8. The molecule has 164 valence electrons. The molecule has 8 heteroatoms. The fraction of sp³-hybridized carbons (Fsp3) is 0.292. The van der Waals surface area contributed by atoms with Crippen LogP contribution in [0.5, 0.6) is 0 Å². The van der Waals surface area contributed by atoms with Crippen LogP contribution in [-0.2, 0) is 16.1 Å². The fourth-order valence-corrected chi connectivity index (χ4v) is 3.29. The van der Waals surface area contributed by atoms with E-state index in [9.17, 15) is 14.4 Å². The summed E-state index contributed by atoms with van der Waals surface area (Å²) in [6, 6.07) is 15.1. The number of nitrogens with zero attached hydrogens (tertiary/aromatic N) is 3. The number of hydrogen-bond acceptors (Lipinski definition) is 6. The van der Waals surface area contributed by atoms with Gasteiger partial charge in [0.15, 0.2) is 12.3 Å². The Morgan fingerprint density at radius 2 is 1.88 bits per heavy atom. The highest BCUT2D eigenvalue weighted by Gasteiger charge is 2.19. The van der Waals surface area contributed by atoms with E-state index in [-0.39, 0.29) is 11.3 Å². The van der Waals surface area contributed by atoms with Crippen molar-refractivity contribution in [1.29, 1.82) is 5.26 Å². The lowest BCUT2D eigenvalue weighted by Gasteiger charge is -2.11. The number of carbonyl (C=O) groups is 2. The van der Waals surface area contributed by atoms with Gasteiger partial charge in [-0.1, -0.05) is 50.5 Å². The molecule has 0 saturated carbocycles. The van der Waals surface area contributed by atoms with Gasteiger partial charge < -0.3 is 10.1 Å². The summed E-state index contributed by atoms with van der Waals surface area (Å²) >= 11 is 0. The first-order valence-corrected chi connectivity index (χ1v) is 10.5. The van der Waals surface area contributed by atoms with Crippen LogP contribution in [0.3, 0.4) is 0 Å². The number of unbranched alkanes of at least 4 members (excludes halogenated alkanes) is 3. The van der Waals surface area contributed by atoms with E-state index in [1.54, 1.807) is 42.5 Å². The van der Waals surface area contributed by atoms with E-state index in [0.29, 0.717) is 28.6 Å². The average molecular weight is 432 g/mol. The topological polar surface area (TPSA) is 114 Å². The summed E-state index contributed by atoms with van der Waals surface area (Å²) in [4.78, 5) is 37.7. The van der Waals surface area contributed by atoms with Crippen LogP contribution in [0.1, 0.15) is 48.7 Å². The molecule has 1 N–H and O–H groups in total. The summed E-state index contributed by atoms with van der Waals surface area (Å²) in [5, 5.41) is 16.5. The molecule has 0 bridgehead atoms. The minimum atomic E-state index is -0.788. The Morgan fingerprint density at radius 1 is 1.09 bits per heavy atom. The molecule has 0 spiro atoms. The Balaban J connectivity index is 1.74. The third-order valence-electron chi connectivity index (χ3n) is 4.89. The summed E-state index contributed by atoms with van der Waals surface area (Å²) in [5.41, 5.74) is 0.560. The number of nitriles is 1. The molecule has 0 fully saturated rings. The molecule has 1 amide bonds. The first kappa shape index (κ1) is 22.7. The second-order valence-corrected chi connectivity index (χ2v) is 7.30. The maximum atomic E-state index is 12.7. The molecule has 0 aliphatic heterocycles. The Bertz CT molecular complexity index is 1230. The second-order valence-electron chi connectivity index (χ2n) is 7.30. The van der Waals surface area contributed by atoms with Gasteiger partial charge in [-0.05, 0) is 30.7 Å². The predicted molar refractivity (Wildman–Crippen MR) is 120 cm³/mol. The number of fused-ring (bicyclic) bond motifs is 1. The van der Waals surface area contributed by atoms with Crippen molar-refractivity contribution in [3.05, 3.63) is 70.1 Å². The summed E-state index contributed by atoms with van der Waals surface area (Å²) < 4.78 is 6.46.